The second kappa shape index (κ2) is 4.09. The van der Waals surface area contributed by atoms with E-state index < -0.39 is 0 Å². The maximum Gasteiger partial charge on any atom is 0.142 e. The Labute approximate surface area is 119 Å². The molecule has 0 fully saturated rings. The summed E-state index contributed by atoms with van der Waals surface area (Å²) in [6.45, 7) is 3.98. The van der Waals surface area contributed by atoms with Gasteiger partial charge in [0.05, 0.1) is 5.69 Å². The number of nitrogens with two attached hydrogens (primary N) is 1. The summed E-state index contributed by atoms with van der Waals surface area (Å²) >= 11 is 3.48. The zero-order chi connectivity index (χ0) is 13.7. The lowest BCUT2D eigenvalue weighted by Gasteiger charge is -2.00. The molecule has 0 aliphatic rings. The Morgan fingerprint density at radius 1 is 1.26 bits per heavy atom. The summed E-state index contributed by atoms with van der Waals surface area (Å²) in [5.41, 5.74) is 10.9. The van der Waals surface area contributed by atoms with E-state index in [1.54, 1.807) is 4.68 Å². The van der Waals surface area contributed by atoms with Gasteiger partial charge in [0, 0.05) is 29.5 Å². The molecule has 0 atom stereocenters. The quantitative estimate of drug-likeness (QED) is 0.750. The number of nitrogens with zero attached hydrogens (tertiary/aromatic N) is 4. The molecule has 0 unspecified atom stereocenters. The van der Waals surface area contributed by atoms with Crippen LogP contribution in [0.5, 0.6) is 0 Å². The summed E-state index contributed by atoms with van der Waals surface area (Å²) in [4.78, 5) is 4.66. The van der Waals surface area contributed by atoms with Crippen LogP contribution in [0.1, 0.15) is 11.3 Å². The van der Waals surface area contributed by atoms with Crippen LogP contribution < -0.4 is 5.73 Å². The van der Waals surface area contributed by atoms with Crippen molar-refractivity contribution in [2.75, 3.05) is 5.73 Å². The van der Waals surface area contributed by atoms with Gasteiger partial charge in [-0.05, 0) is 41.4 Å². The van der Waals surface area contributed by atoms with E-state index >= 15 is 0 Å². The van der Waals surface area contributed by atoms with Crippen LogP contribution in [-0.4, -0.2) is 19.2 Å². The molecule has 98 valence electrons. The van der Waals surface area contributed by atoms with Gasteiger partial charge in [0.1, 0.15) is 17.2 Å². The third kappa shape index (κ3) is 1.83. The van der Waals surface area contributed by atoms with Gasteiger partial charge in [-0.3, -0.25) is 9.08 Å². The van der Waals surface area contributed by atoms with E-state index in [9.17, 15) is 0 Å². The van der Waals surface area contributed by atoms with E-state index in [1.807, 2.05) is 43.8 Å². The van der Waals surface area contributed by atoms with E-state index in [-0.39, 0.29) is 0 Å². The van der Waals surface area contributed by atoms with Crippen LogP contribution in [0.3, 0.4) is 0 Å². The van der Waals surface area contributed by atoms with E-state index in [4.69, 9.17) is 5.73 Å². The first-order valence-corrected chi connectivity index (χ1v) is 6.71. The number of pyridine rings is 1. The first kappa shape index (κ1) is 12.2. The highest BCUT2D eigenvalue weighted by molar-refractivity contribution is 9.10. The van der Waals surface area contributed by atoms with Crippen molar-refractivity contribution in [3.05, 3.63) is 34.2 Å². The third-order valence-corrected chi connectivity index (χ3v) is 3.61. The topological polar surface area (TPSA) is 61.1 Å². The summed E-state index contributed by atoms with van der Waals surface area (Å²) in [5.74, 6) is 0.635. The smallest absolute Gasteiger partial charge is 0.142 e. The largest absolute Gasteiger partial charge is 0.383 e. The number of hydrogen-bond acceptors (Lipinski definition) is 3. The molecular formula is C13H14BrN5. The highest BCUT2D eigenvalue weighted by Crippen LogP contribution is 2.30. The summed E-state index contributed by atoms with van der Waals surface area (Å²) in [5, 5.41) is 4.34. The highest BCUT2D eigenvalue weighted by atomic mass is 79.9. The molecule has 19 heavy (non-hydrogen) atoms. The number of aromatic nitrogens is 4. The van der Waals surface area contributed by atoms with Gasteiger partial charge < -0.3 is 5.73 Å². The van der Waals surface area contributed by atoms with E-state index in [0.717, 1.165) is 32.6 Å². The molecule has 3 rings (SSSR count). The van der Waals surface area contributed by atoms with E-state index in [0.29, 0.717) is 5.82 Å². The Bertz CT molecular complexity index is 784. The average molecular weight is 320 g/mol. The summed E-state index contributed by atoms with van der Waals surface area (Å²) in [6, 6.07) is 2.03. The molecule has 0 radical (unpaired) electrons. The minimum absolute atomic E-state index is 0.635. The molecule has 0 bridgehead atoms. The van der Waals surface area contributed by atoms with Gasteiger partial charge in [0.25, 0.3) is 0 Å². The Morgan fingerprint density at radius 2 is 2.00 bits per heavy atom. The molecule has 6 heteroatoms. The highest BCUT2D eigenvalue weighted by Gasteiger charge is 2.16. The molecule has 0 saturated heterocycles. The Morgan fingerprint density at radius 3 is 2.63 bits per heavy atom. The average Bonchev–Trinajstić information content (AvgIpc) is 2.81. The molecule has 3 aromatic rings. The number of fused-ring (bicyclic) bond motifs is 1. The second-order valence-electron chi connectivity index (χ2n) is 4.68. The fraction of sp³-hybridized carbons (Fsp3) is 0.231. The van der Waals surface area contributed by atoms with Crippen LogP contribution in [0.25, 0.3) is 16.9 Å². The van der Waals surface area contributed by atoms with Crippen molar-refractivity contribution in [2.45, 2.75) is 13.8 Å². The number of aryl methyl sites for hydroxylation is 3. The van der Waals surface area contributed by atoms with Gasteiger partial charge in [0.15, 0.2) is 0 Å². The van der Waals surface area contributed by atoms with Gasteiger partial charge >= 0.3 is 0 Å². The van der Waals surface area contributed by atoms with Crippen molar-refractivity contribution in [2.24, 2.45) is 7.05 Å². The maximum atomic E-state index is 6.23. The minimum atomic E-state index is 0.635. The number of rotatable bonds is 1. The Balaban J connectivity index is 2.34. The Hall–Kier alpha value is -1.82. The summed E-state index contributed by atoms with van der Waals surface area (Å²) < 4.78 is 4.66. The predicted octanol–water partition coefficient (Wildman–Crippen LogP) is 2.70. The molecule has 0 aliphatic carbocycles. The number of halogens is 1. The van der Waals surface area contributed by atoms with Crippen molar-refractivity contribution >= 4 is 27.4 Å². The molecule has 3 heterocycles. The van der Waals surface area contributed by atoms with Crippen LogP contribution in [-0.2, 0) is 7.05 Å². The van der Waals surface area contributed by atoms with Gasteiger partial charge in [-0.15, -0.1) is 0 Å². The van der Waals surface area contributed by atoms with Gasteiger partial charge in [-0.1, -0.05) is 0 Å². The van der Waals surface area contributed by atoms with Crippen molar-refractivity contribution < 1.29 is 0 Å². The van der Waals surface area contributed by atoms with Gasteiger partial charge in [-0.25, -0.2) is 4.98 Å². The van der Waals surface area contributed by atoms with Gasteiger partial charge in [-0.2, -0.15) is 5.10 Å². The molecule has 2 N–H and O–H groups in total. The SMILES string of the molecule is Cc1nn(C)cc1-c1nc2c(C)cc(Br)cn2c1N. The molecule has 0 saturated carbocycles. The van der Waals surface area contributed by atoms with Crippen molar-refractivity contribution in [3.8, 4) is 11.3 Å². The lowest BCUT2D eigenvalue weighted by atomic mass is 10.2. The first-order chi connectivity index (χ1) is 8.97. The third-order valence-electron chi connectivity index (χ3n) is 3.18. The normalized spacial score (nSPS) is 11.4. The van der Waals surface area contributed by atoms with Crippen LogP contribution in [0.4, 0.5) is 5.82 Å². The predicted molar refractivity (Wildman–Crippen MR) is 79.0 cm³/mol. The molecule has 0 amide bonds. The number of anilines is 1. The zero-order valence-corrected chi connectivity index (χ0v) is 12.6. The summed E-state index contributed by atoms with van der Waals surface area (Å²) in [7, 11) is 1.89. The number of imidazole rings is 1. The molecule has 3 aromatic heterocycles. The maximum absolute atomic E-state index is 6.23. The minimum Gasteiger partial charge on any atom is -0.383 e. The Kier molecular flexibility index (Phi) is 2.63. The molecule has 0 aliphatic heterocycles. The second-order valence-corrected chi connectivity index (χ2v) is 5.60. The first-order valence-electron chi connectivity index (χ1n) is 5.91. The fourth-order valence-corrected chi connectivity index (χ4v) is 2.86. The van der Waals surface area contributed by atoms with Crippen LogP contribution in [0.2, 0.25) is 0 Å². The number of nitrogen functional groups attached to an aromatic ring is 1. The van der Waals surface area contributed by atoms with Crippen LogP contribution in [0, 0.1) is 13.8 Å². The van der Waals surface area contributed by atoms with E-state index in [1.165, 1.54) is 0 Å². The molecular weight excluding hydrogens is 306 g/mol. The van der Waals surface area contributed by atoms with Crippen LogP contribution in [0.15, 0.2) is 22.9 Å². The standard InChI is InChI=1S/C13H14BrN5/c1-7-4-9(14)5-19-12(15)11(16-13(7)19)10-6-18(3)17-8(10)2/h4-6H,15H2,1-3H3. The van der Waals surface area contributed by atoms with Crippen molar-refractivity contribution in [3.63, 3.8) is 0 Å². The molecule has 0 aromatic carbocycles. The lowest BCUT2D eigenvalue weighted by molar-refractivity contribution is 0.756. The summed E-state index contributed by atoms with van der Waals surface area (Å²) in [6.07, 6.45) is 3.87. The molecule has 5 nitrogen and oxygen atoms in total. The van der Waals surface area contributed by atoms with Crippen LogP contribution >= 0.6 is 15.9 Å². The monoisotopic (exact) mass is 319 g/mol. The van der Waals surface area contributed by atoms with Gasteiger partial charge in [0.2, 0.25) is 0 Å². The van der Waals surface area contributed by atoms with Crippen molar-refractivity contribution in [1.82, 2.24) is 19.2 Å². The van der Waals surface area contributed by atoms with E-state index in [2.05, 4.69) is 26.0 Å². The zero-order valence-electron chi connectivity index (χ0n) is 11.0. The lowest BCUT2D eigenvalue weighted by Crippen LogP contribution is -1.95. The molecule has 0 spiro atoms. The number of hydrogen-bond donors (Lipinski definition) is 1. The fourth-order valence-electron chi connectivity index (χ4n) is 2.32. The van der Waals surface area contributed by atoms with Crippen molar-refractivity contribution in [1.29, 1.82) is 0 Å².